The molecule has 0 saturated carbocycles. The number of hydrogen-bond donors (Lipinski definition) is 1. The summed E-state index contributed by atoms with van der Waals surface area (Å²) in [5.41, 5.74) is 2.01. The molecule has 0 atom stereocenters. The van der Waals surface area contributed by atoms with E-state index in [1.165, 1.54) is 0 Å². The van der Waals surface area contributed by atoms with E-state index in [0.717, 1.165) is 16.9 Å². The van der Waals surface area contributed by atoms with Crippen molar-refractivity contribution in [1.82, 2.24) is 14.5 Å². The van der Waals surface area contributed by atoms with Crippen LogP contribution in [0.25, 0.3) is 11.0 Å². The zero-order chi connectivity index (χ0) is 14.7. The van der Waals surface area contributed by atoms with Gasteiger partial charge in [-0.3, -0.25) is 4.79 Å². The molecule has 5 heteroatoms. The van der Waals surface area contributed by atoms with Gasteiger partial charge in [0.15, 0.2) is 0 Å². The van der Waals surface area contributed by atoms with Crippen LogP contribution in [-0.2, 0) is 11.3 Å². The van der Waals surface area contributed by atoms with E-state index in [9.17, 15) is 4.79 Å². The summed E-state index contributed by atoms with van der Waals surface area (Å²) in [4.78, 5) is 20.5. The van der Waals surface area contributed by atoms with Crippen LogP contribution in [-0.4, -0.2) is 20.4 Å². The van der Waals surface area contributed by atoms with Crippen molar-refractivity contribution in [3.8, 4) is 0 Å². The van der Waals surface area contributed by atoms with E-state index in [4.69, 9.17) is 0 Å². The number of para-hydroxylation sites is 2. The SMILES string of the molecule is Cc1nc2ccccc2n1CCC(=O)Nc1ccccn1. The number of imidazole rings is 1. The van der Waals surface area contributed by atoms with E-state index in [1.54, 1.807) is 12.3 Å². The second-order valence-electron chi connectivity index (χ2n) is 4.81. The monoisotopic (exact) mass is 280 g/mol. The summed E-state index contributed by atoms with van der Waals surface area (Å²) in [7, 11) is 0. The summed E-state index contributed by atoms with van der Waals surface area (Å²) in [6, 6.07) is 13.4. The number of fused-ring (bicyclic) bond motifs is 1. The number of rotatable bonds is 4. The van der Waals surface area contributed by atoms with E-state index in [1.807, 2.05) is 43.3 Å². The van der Waals surface area contributed by atoms with Crippen LogP contribution in [0.4, 0.5) is 5.82 Å². The van der Waals surface area contributed by atoms with Gasteiger partial charge in [0.1, 0.15) is 11.6 Å². The Balaban J connectivity index is 1.69. The van der Waals surface area contributed by atoms with Crippen molar-refractivity contribution in [3.05, 3.63) is 54.5 Å². The summed E-state index contributed by atoms with van der Waals surface area (Å²) in [6.07, 6.45) is 2.04. The number of aryl methyl sites for hydroxylation is 2. The lowest BCUT2D eigenvalue weighted by Gasteiger charge is -2.07. The normalized spacial score (nSPS) is 10.7. The van der Waals surface area contributed by atoms with Gasteiger partial charge in [-0.2, -0.15) is 0 Å². The number of aromatic nitrogens is 3. The predicted molar refractivity (Wildman–Crippen MR) is 82.0 cm³/mol. The number of benzene rings is 1. The Bertz CT molecular complexity index is 764. The standard InChI is InChI=1S/C16H16N4O/c1-12-18-13-6-2-3-7-14(13)20(12)11-9-16(21)19-15-8-4-5-10-17-15/h2-8,10H,9,11H2,1H3,(H,17,19,21). The lowest BCUT2D eigenvalue weighted by atomic mass is 10.3. The molecule has 0 aliphatic heterocycles. The molecular weight excluding hydrogens is 264 g/mol. The molecule has 1 amide bonds. The molecule has 2 heterocycles. The van der Waals surface area contributed by atoms with Crippen LogP contribution in [0.1, 0.15) is 12.2 Å². The molecule has 0 spiro atoms. The van der Waals surface area contributed by atoms with Gasteiger partial charge < -0.3 is 9.88 Å². The first kappa shape index (κ1) is 13.3. The van der Waals surface area contributed by atoms with Crippen molar-refractivity contribution < 1.29 is 4.79 Å². The summed E-state index contributed by atoms with van der Waals surface area (Å²) in [5, 5.41) is 2.79. The minimum Gasteiger partial charge on any atom is -0.328 e. The molecule has 0 fully saturated rings. The Morgan fingerprint density at radius 2 is 2.00 bits per heavy atom. The molecule has 0 aliphatic rings. The average Bonchev–Trinajstić information content (AvgIpc) is 2.81. The van der Waals surface area contributed by atoms with Crippen LogP contribution in [0, 0.1) is 6.92 Å². The Hall–Kier alpha value is -2.69. The number of nitrogens with one attached hydrogen (secondary N) is 1. The van der Waals surface area contributed by atoms with Gasteiger partial charge in [0.2, 0.25) is 5.91 Å². The number of carbonyl (C=O) groups excluding carboxylic acids is 1. The van der Waals surface area contributed by atoms with Crippen LogP contribution in [0.15, 0.2) is 48.7 Å². The minimum atomic E-state index is -0.0501. The fraction of sp³-hybridized carbons (Fsp3) is 0.188. The molecule has 106 valence electrons. The lowest BCUT2D eigenvalue weighted by molar-refractivity contribution is -0.116. The maximum absolute atomic E-state index is 12.0. The summed E-state index contributed by atoms with van der Waals surface area (Å²) >= 11 is 0. The number of carbonyl (C=O) groups is 1. The molecule has 1 aromatic carbocycles. The molecule has 5 nitrogen and oxygen atoms in total. The zero-order valence-electron chi connectivity index (χ0n) is 11.8. The number of nitrogens with zero attached hydrogens (tertiary/aromatic N) is 3. The van der Waals surface area contributed by atoms with Crippen molar-refractivity contribution in [1.29, 1.82) is 0 Å². The Morgan fingerprint density at radius 3 is 2.81 bits per heavy atom. The molecule has 2 aromatic heterocycles. The molecule has 3 rings (SSSR count). The number of pyridine rings is 1. The molecule has 21 heavy (non-hydrogen) atoms. The van der Waals surface area contributed by atoms with Crippen molar-refractivity contribution in [3.63, 3.8) is 0 Å². The highest BCUT2D eigenvalue weighted by atomic mass is 16.1. The van der Waals surface area contributed by atoms with E-state index in [0.29, 0.717) is 18.8 Å². The average molecular weight is 280 g/mol. The van der Waals surface area contributed by atoms with Gasteiger partial charge in [0.25, 0.3) is 0 Å². The summed E-state index contributed by atoms with van der Waals surface area (Å²) in [6.45, 7) is 2.56. The van der Waals surface area contributed by atoms with Crippen molar-refractivity contribution >= 4 is 22.8 Å². The molecule has 0 radical (unpaired) electrons. The van der Waals surface area contributed by atoms with Crippen LogP contribution >= 0.6 is 0 Å². The number of anilines is 1. The van der Waals surface area contributed by atoms with Crippen LogP contribution < -0.4 is 5.32 Å². The largest absolute Gasteiger partial charge is 0.328 e. The second kappa shape index (κ2) is 5.75. The number of hydrogen-bond acceptors (Lipinski definition) is 3. The van der Waals surface area contributed by atoms with Crippen molar-refractivity contribution in [2.24, 2.45) is 0 Å². The summed E-state index contributed by atoms with van der Waals surface area (Å²) in [5.74, 6) is 1.45. The first-order valence-electron chi connectivity index (χ1n) is 6.87. The zero-order valence-corrected chi connectivity index (χ0v) is 11.8. The Kier molecular flexibility index (Phi) is 3.64. The van der Waals surface area contributed by atoms with Gasteiger partial charge in [-0.05, 0) is 31.2 Å². The second-order valence-corrected chi connectivity index (χ2v) is 4.81. The molecular formula is C16H16N4O. The van der Waals surface area contributed by atoms with E-state index >= 15 is 0 Å². The third kappa shape index (κ3) is 2.91. The minimum absolute atomic E-state index is 0.0501. The molecule has 0 aliphatic carbocycles. The highest BCUT2D eigenvalue weighted by molar-refractivity contribution is 5.89. The van der Waals surface area contributed by atoms with Crippen LogP contribution in [0.3, 0.4) is 0 Å². The molecule has 0 unspecified atom stereocenters. The molecule has 0 bridgehead atoms. The van der Waals surface area contributed by atoms with E-state index in [2.05, 4.69) is 19.9 Å². The van der Waals surface area contributed by atoms with Gasteiger partial charge in [-0.15, -0.1) is 0 Å². The smallest absolute Gasteiger partial charge is 0.227 e. The summed E-state index contributed by atoms with van der Waals surface area (Å²) < 4.78 is 2.06. The van der Waals surface area contributed by atoms with Gasteiger partial charge in [-0.1, -0.05) is 18.2 Å². The quantitative estimate of drug-likeness (QED) is 0.799. The molecule has 0 saturated heterocycles. The highest BCUT2D eigenvalue weighted by Gasteiger charge is 2.09. The maximum atomic E-state index is 12.0. The Labute approximate surface area is 122 Å². The van der Waals surface area contributed by atoms with Gasteiger partial charge in [0, 0.05) is 19.2 Å². The Morgan fingerprint density at radius 1 is 1.19 bits per heavy atom. The van der Waals surface area contributed by atoms with Crippen molar-refractivity contribution in [2.45, 2.75) is 19.9 Å². The lowest BCUT2D eigenvalue weighted by Crippen LogP contribution is -2.15. The first-order chi connectivity index (χ1) is 10.2. The predicted octanol–water partition coefficient (Wildman–Crippen LogP) is 2.77. The van der Waals surface area contributed by atoms with Gasteiger partial charge in [-0.25, -0.2) is 9.97 Å². The van der Waals surface area contributed by atoms with Crippen LogP contribution in [0.2, 0.25) is 0 Å². The van der Waals surface area contributed by atoms with E-state index in [-0.39, 0.29) is 5.91 Å². The maximum Gasteiger partial charge on any atom is 0.227 e. The fourth-order valence-electron chi connectivity index (χ4n) is 2.33. The number of amides is 1. The van der Waals surface area contributed by atoms with Crippen molar-refractivity contribution in [2.75, 3.05) is 5.32 Å². The first-order valence-corrected chi connectivity index (χ1v) is 6.87. The topological polar surface area (TPSA) is 59.8 Å². The van der Waals surface area contributed by atoms with E-state index < -0.39 is 0 Å². The third-order valence-corrected chi connectivity index (χ3v) is 3.34. The van der Waals surface area contributed by atoms with Crippen LogP contribution in [0.5, 0.6) is 0 Å². The molecule has 3 aromatic rings. The van der Waals surface area contributed by atoms with Gasteiger partial charge >= 0.3 is 0 Å². The van der Waals surface area contributed by atoms with Gasteiger partial charge in [0.05, 0.1) is 11.0 Å². The third-order valence-electron chi connectivity index (χ3n) is 3.34. The molecule has 1 N–H and O–H groups in total. The highest BCUT2D eigenvalue weighted by Crippen LogP contribution is 2.15. The fourth-order valence-corrected chi connectivity index (χ4v) is 2.33.